The number of rotatable bonds is 4. The summed E-state index contributed by atoms with van der Waals surface area (Å²) in [4.78, 5) is 25.1. The van der Waals surface area contributed by atoms with Crippen LogP contribution in [0.2, 0.25) is 0 Å². The van der Waals surface area contributed by atoms with E-state index in [1.165, 1.54) is 0 Å². The van der Waals surface area contributed by atoms with Gasteiger partial charge in [0, 0.05) is 6.20 Å². The largest absolute Gasteiger partial charge is 0.417 e. The van der Waals surface area contributed by atoms with Crippen molar-refractivity contribution in [3.8, 4) is 0 Å². The molecule has 0 spiro atoms. The topological polar surface area (TPSA) is 88.0 Å². The highest BCUT2D eigenvalue weighted by Crippen LogP contribution is 2.29. The number of carbonyl (C=O) groups excluding carboxylic acids is 1. The highest BCUT2D eigenvalue weighted by atomic mass is 19.4. The van der Waals surface area contributed by atoms with Gasteiger partial charge in [0.2, 0.25) is 5.91 Å². The van der Waals surface area contributed by atoms with Crippen molar-refractivity contribution in [3.05, 3.63) is 28.2 Å². The quantitative estimate of drug-likeness (QED) is 0.789. The first-order valence-electron chi connectivity index (χ1n) is 6.03. The minimum atomic E-state index is -4.61. The average molecular weight is 291 g/mol. The zero-order valence-corrected chi connectivity index (χ0v) is 11.0. The molecule has 0 aliphatic carbocycles. The molecule has 0 saturated heterocycles. The number of aromatic nitrogens is 1. The van der Waals surface area contributed by atoms with E-state index in [1.54, 1.807) is 6.92 Å². The molecule has 0 aromatic carbocycles. The van der Waals surface area contributed by atoms with Crippen molar-refractivity contribution in [2.45, 2.75) is 32.5 Å². The maximum Gasteiger partial charge on any atom is 0.417 e. The molecule has 20 heavy (non-hydrogen) atoms. The van der Waals surface area contributed by atoms with Crippen LogP contribution in [-0.2, 0) is 11.0 Å². The molecule has 0 radical (unpaired) electrons. The highest BCUT2D eigenvalue weighted by Gasteiger charge is 2.31. The number of pyridine rings is 1. The van der Waals surface area contributed by atoms with Crippen molar-refractivity contribution in [2.24, 2.45) is 11.7 Å². The van der Waals surface area contributed by atoms with Crippen LogP contribution < -0.4 is 16.6 Å². The molecule has 1 rings (SSSR count). The number of hydrogen-bond acceptors (Lipinski definition) is 3. The summed E-state index contributed by atoms with van der Waals surface area (Å²) in [6, 6.07) is -0.311. The van der Waals surface area contributed by atoms with Gasteiger partial charge in [0.1, 0.15) is 5.69 Å². The van der Waals surface area contributed by atoms with Gasteiger partial charge in [-0.1, -0.05) is 20.3 Å². The normalized spacial score (nSPS) is 14.7. The molecule has 0 aliphatic rings. The van der Waals surface area contributed by atoms with Gasteiger partial charge in [0.25, 0.3) is 5.56 Å². The number of carbonyl (C=O) groups is 1. The van der Waals surface area contributed by atoms with E-state index in [0.717, 1.165) is 0 Å². The van der Waals surface area contributed by atoms with Crippen molar-refractivity contribution in [1.82, 2.24) is 4.98 Å². The molecular weight excluding hydrogens is 275 g/mol. The minimum Gasteiger partial charge on any atom is -0.327 e. The molecule has 0 bridgehead atoms. The number of H-pyrrole nitrogens is 1. The Labute approximate surface area is 113 Å². The van der Waals surface area contributed by atoms with Gasteiger partial charge in [0.15, 0.2) is 0 Å². The van der Waals surface area contributed by atoms with Gasteiger partial charge >= 0.3 is 6.18 Å². The van der Waals surface area contributed by atoms with E-state index < -0.39 is 34.9 Å². The number of nitrogens with one attached hydrogen (secondary N) is 2. The van der Waals surface area contributed by atoms with Gasteiger partial charge in [-0.25, -0.2) is 0 Å². The summed E-state index contributed by atoms with van der Waals surface area (Å²) in [5.74, 6) is -0.843. The Hall–Kier alpha value is -1.83. The molecule has 0 aliphatic heterocycles. The molecule has 2 unspecified atom stereocenters. The van der Waals surface area contributed by atoms with E-state index in [9.17, 15) is 22.8 Å². The highest BCUT2D eigenvalue weighted by molar-refractivity contribution is 5.94. The molecule has 0 fully saturated rings. The van der Waals surface area contributed by atoms with Crippen molar-refractivity contribution < 1.29 is 18.0 Å². The summed E-state index contributed by atoms with van der Waals surface area (Å²) < 4.78 is 37.6. The van der Waals surface area contributed by atoms with Gasteiger partial charge in [-0.15, -0.1) is 0 Å². The van der Waals surface area contributed by atoms with Gasteiger partial charge in [-0.05, 0) is 12.0 Å². The zero-order valence-electron chi connectivity index (χ0n) is 11.0. The fourth-order valence-electron chi connectivity index (χ4n) is 1.47. The average Bonchev–Trinajstić information content (AvgIpc) is 2.38. The molecular formula is C12H16F3N3O2. The van der Waals surface area contributed by atoms with Crippen LogP contribution in [0.1, 0.15) is 25.8 Å². The number of anilines is 1. The van der Waals surface area contributed by atoms with Crippen molar-refractivity contribution in [3.63, 3.8) is 0 Å². The second-order valence-electron chi connectivity index (χ2n) is 4.53. The number of hydrogen-bond donors (Lipinski definition) is 3. The number of nitrogens with two attached hydrogens (primary N) is 1. The van der Waals surface area contributed by atoms with Crippen LogP contribution in [0.4, 0.5) is 18.9 Å². The molecule has 8 heteroatoms. The predicted molar refractivity (Wildman–Crippen MR) is 68.1 cm³/mol. The smallest absolute Gasteiger partial charge is 0.327 e. The van der Waals surface area contributed by atoms with E-state index in [1.807, 2.05) is 11.9 Å². The molecule has 4 N–H and O–H groups in total. The zero-order chi connectivity index (χ0) is 15.5. The van der Waals surface area contributed by atoms with Gasteiger partial charge in [-0.3, -0.25) is 9.59 Å². The summed E-state index contributed by atoms with van der Waals surface area (Å²) in [6.45, 7) is 3.56. The van der Waals surface area contributed by atoms with E-state index in [-0.39, 0.29) is 5.92 Å². The third kappa shape index (κ3) is 3.83. The molecule has 1 amide bonds. The molecule has 2 atom stereocenters. The second kappa shape index (κ2) is 6.08. The molecule has 1 aromatic heterocycles. The first kappa shape index (κ1) is 16.2. The van der Waals surface area contributed by atoms with Crippen LogP contribution in [-0.4, -0.2) is 16.9 Å². The Morgan fingerprint density at radius 1 is 1.50 bits per heavy atom. The molecule has 5 nitrogen and oxygen atoms in total. The maximum absolute atomic E-state index is 12.5. The lowest BCUT2D eigenvalue weighted by atomic mass is 9.99. The third-order valence-electron chi connectivity index (χ3n) is 3.05. The molecule has 1 aromatic rings. The fraction of sp³-hybridized carbons (Fsp3) is 0.500. The Morgan fingerprint density at radius 3 is 2.60 bits per heavy atom. The SMILES string of the molecule is CCC(C)C(N)C(=O)Nc1cc(C(F)(F)F)c[nH]c1=O. The molecule has 112 valence electrons. The van der Waals surface area contributed by atoms with E-state index in [0.29, 0.717) is 18.7 Å². The number of alkyl halides is 3. The summed E-state index contributed by atoms with van der Waals surface area (Å²) in [5.41, 5.74) is 3.31. The van der Waals surface area contributed by atoms with E-state index >= 15 is 0 Å². The van der Waals surface area contributed by atoms with Crippen LogP contribution >= 0.6 is 0 Å². The number of amides is 1. The third-order valence-corrected chi connectivity index (χ3v) is 3.05. The standard InChI is InChI=1S/C12H16F3N3O2/c1-3-6(2)9(16)11(20)18-8-4-7(12(13,14)15)5-17-10(8)19/h4-6,9H,3,16H2,1-2H3,(H,17,19)(H,18,20). The number of halogens is 3. The number of aromatic amines is 1. The molecule has 1 heterocycles. The van der Waals surface area contributed by atoms with Crippen molar-refractivity contribution in [1.29, 1.82) is 0 Å². The lowest BCUT2D eigenvalue weighted by molar-refractivity contribution is -0.137. The lowest BCUT2D eigenvalue weighted by Crippen LogP contribution is -2.41. The second-order valence-corrected chi connectivity index (χ2v) is 4.53. The summed E-state index contributed by atoms with van der Waals surface area (Å²) in [7, 11) is 0. The summed E-state index contributed by atoms with van der Waals surface area (Å²) in [6.07, 6.45) is -3.43. The van der Waals surface area contributed by atoms with Crippen molar-refractivity contribution >= 4 is 11.6 Å². The monoisotopic (exact) mass is 291 g/mol. The van der Waals surface area contributed by atoms with E-state index in [4.69, 9.17) is 5.73 Å². The van der Waals surface area contributed by atoms with Crippen LogP contribution in [0.25, 0.3) is 0 Å². The van der Waals surface area contributed by atoms with E-state index in [2.05, 4.69) is 5.32 Å². The maximum atomic E-state index is 12.5. The Bertz CT molecular complexity index is 539. The predicted octanol–water partition coefficient (Wildman–Crippen LogP) is 1.71. The summed E-state index contributed by atoms with van der Waals surface area (Å²) in [5, 5.41) is 2.13. The van der Waals surface area contributed by atoms with Crippen LogP contribution in [0.15, 0.2) is 17.1 Å². The Morgan fingerprint density at radius 2 is 2.10 bits per heavy atom. The first-order valence-corrected chi connectivity index (χ1v) is 6.03. The fourth-order valence-corrected chi connectivity index (χ4v) is 1.47. The van der Waals surface area contributed by atoms with Crippen molar-refractivity contribution in [2.75, 3.05) is 5.32 Å². The summed E-state index contributed by atoms with van der Waals surface area (Å²) >= 11 is 0. The molecule has 0 saturated carbocycles. The van der Waals surface area contributed by atoms with Gasteiger partial charge < -0.3 is 16.0 Å². The Balaban J connectivity index is 2.98. The first-order chi connectivity index (χ1) is 9.16. The van der Waals surface area contributed by atoms with Crippen LogP contribution in [0, 0.1) is 5.92 Å². The van der Waals surface area contributed by atoms with Gasteiger partial charge in [-0.2, -0.15) is 13.2 Å². The van der Waals surface area contributed by atoms with Crippen LogP contribution in [0.5, 0.6) is 0 Å². The minimum absolute atomic E-state index is 0.153. The lowest BCUT2D eigenvalue weighted by Gasteiger charge is -2.17. The van der Waals surface area contributed by atoms with Gasteiger partial charge in [0.05, 0.1) is 11.6 Å². The Kier molecular flexibility index (Phi) is 4.93. The van der Waals surface area contributed by atoms with Crippen LogP contribution in [0.3, 0.4) is 0 Å².